The summed E-state index contributed by atoms with van der Waals surface area (Å²) in [7, 11) is 1.52. The van der Waals surface area contributed by atoms with Crippen LogP contribution in [0.1, 0.15) is 49.7 Å². The van der Waals surface area contributed by atoms with Gasteiger partial charge in [-0.05, 0) is 48.4 Å². The Kier molecular flexibility index (Phi) is 6.67. The fourth-order valence-corrected chi connectivity index (χ4v) is 5.00. The molecule has 2 amide bonds. The summed E-state index contributed by atoms with van der Waals surface area (Å²) in [6.45, 7) is 1.74. The molecule has 33 heavy (non-hydrogen) atoms. The van der Waals surface area contributed by atoms with Crippen LogP contribution >= 0.6 is 0 Å². The number of aliphatic carboxylic acids is 1. The third-order valence-corrected chi connectivity index (χ3v) is 6.98. The second-order valence-electron chi connectivity index (χ2n) is 8.99. The Bertz CT molecular complexity index is 1010. The maximum absolute atomic E-state index is 12.7. The van der Waals surface area contributed by atoms with Gasteiger partial charge in [0.05, 0.1) is 0 Å². The van der Waals surface area contributed by atoms with Crippen LogP contribution in [0.2, 0.25) is 0 Å². The predicted octanol–water partition coefficient (Wildman–Crippen LogP) is 4.02. The first-order chi connectivity index (χ1) is 15.9. The van der Waals surface area contributed by atoms with E-state index in [0.717, 1.165) is 24.0 Å². The number of ether oxygens (including phenoxy) is 1. The van der Waals surface area contributed by atoms with Gasteiger partial charge in [-0.25, -0.2) is 9.59 Å². The molecule has 0 radical (unpaired) electrons. The van der Waals surface area contributed by atoms with E-state index in [1.165, 1.54) is 30.0 Å². The molecular formula is C26H30N2O5. The number of nitrogens with zero attached hydrogens (tertiary/aromatic N) is 1. The van der Waals surface area contributed by atoms with E-state index in [-0.39, 0.29) is 30.4 Å². The number of rotatable bonds is 6. The molecule has 2 N–H and O–H groups in total. The van der Waals surface area contributed by atoms with E-state index < -0.39 is 18.1 Å². The van der Waals surface area contributed by atoms with E-state index in [9.17, 15) is 19.5 Å². The van der Waals surface area contributed by atoms with E-state index >= 15 is 0 Å². The maximum atomic E-state index is 12.7. The number of carbonyl (C=O) groups excluding carboxylic acids is 2. The molecule has 2 aliphatic rings. The number of hydrogen-bond acceptors (Lipinski definition) is 4. The molecule has 2 aliphatic carbocycles. The molecule has 0 heterocycles. The molecule has 4 rings (SSSR count). The van der Waals surface area contributed by atoms with Gasteiger partial charge in [0.2, 0.25) is 5.91 Å². The summed E-state index contributed by atoms with van der Waals surface area (Å²) < 4.78 is 5.63. The summed E-state index contributed by atoms with van der Waals surface area (Å²) >= 11 is 0. The second kappa shape index (κ2) is 9.65. The number of likely N-dealkylation sites (N-methyl/N-ethyl adjacent to an activating group) is 1. The monoisotopic (exact) mass is 450 g/mol. The average Bonchev–Trinajstić information content (AvgIpc) is 3.15. The Morgan fingerprint density at radius 3 is 2.27 bits per heavy atom. The van der Waals surface area contributed by atoms with Crippen molar-refractivity contribution in [2.75, 3.05) is 13.7 Å². The van der Waals surface area contributed by atoms with Gasteiger partial charge in [0.1, 0.15) is 12.6 Å². The van der Waals surface area contributed by atoms with Crippen molar-refractivity contribution in [1.82, 2.24) is 10.2 Å². The number of carboxylic acids is 1. The van der Waals surface area contributed by atoms with Gasteiger partial charge in [0.25, 0.3) is 0 Å². The van der Waals surface area contributed by atoms with E-state index in [1.54, 1.807) is 0 Å². The smallest absolute Gasteiger partial charge is 0.407 e. The summed E-state index contributed by atoms with van der Waals surface area (Å²) in [4.78, 5) is 37.8. The van der Waals surface area contributed by atoms with E-state index in [4.69, 9.17) is 4.74 Å². The van der Waals surface area contributed by atoms with Crippen LogP contribution in [0.25, 0.3) is 11.1 Å². The van der Waals surface area contributed by atoms with Crippen molar-refractivity contribution in [3.8, 4) is 11.1 Å². The highest BCUT2D eigenvalue weighted by atomic mass is 16.5. The fraction of sp³-hybridized carbons (Fsp3) is 0.423. The van der Waals surface area contributed by atoms with E-state index in [1.807, 2.05) is 24.3 Å². The van der Waals surface area contributed by atoms with Crippen molar-refractivity contribution >= 4 is 18.0 Å². The summed E-state index contributed by atoms with van der Waals surface area (Å²) in [6, 6.07) is 15.3. The van der Waals surface area contributed by atoms with Crippen LogP contribution in [0, 0.1) is 5.92 Å². The first-order valence-electron chi connectivity index (χ1n) is 11.5. The van der Waals surface area contributed by atoms with Crippen molar-refractivity contribution in [1.29, 1.82) is 0 Å². The number of hydrogen-bond donors (Lipinski definition) is 2. The van der Waals surface area contributed by atoms with Gasteiger partial charge < -0.3 is 20.1 Å². The van der Waals surface area contributed by atoms with Gasteiger partial charge >= 0.3 is 12.1 Å². The Labute approximate surface area is 193 Å². The first-order valence-corrected chi connectivity index (χ1v) is 11.5. The molecule has 2 aromatic carbocycles. The first kappa shape index (κ1) is 22.8. The van der Waals surface area contributed by atoms with Gasteiger partial charge in [-0.3, -0.25) is 4.79 Å². The van der Waals surface area contributed by atoms with Crippen LogP contribution in [0.3, 0.4) is 0 Å². The highest BCUT2D eigenvalue weighted by Crippen LogP contribution is 2.44. The lowest BCUT2D eigenvalue weighted by molar-refractivity contribution is -0.150. The minimum absolute atomic E-state index is 0.00464. The predicted molar refractivity (Wildman–Crippen MR) is 124 cm³/mol. The van der Waals surface area contributed by atoms with Gasteiger partial charge in [-0.1, -0.05) is 55.0 Å². The molecule has 0 aromatic heterocycles. The van der Waals surface area contributed by atoms with Crippen LogP contribution in [0.4, 0.5) is 4.79 Å². The van der Waals surface area contributed by atoms with Gasteiger partial charge in [-0.15, -0.1) is 0 Å². The molecule has 3 unspecified atom stereocenters. The zero-order valence-electron chi connectivity index (χ0n) is 19.0. The normalized spacial score (nSPS) is 20.3. The molecule has 1 fully saturated rings. The van der Waals surface area contributed by atoms with Crippen LogP contribution in [-0.4, -0.2) is 53.7 Å². The van der Waals surface area contributed by atoms with Gasteiger partial charge in [-0.2, -0.15) is 0 Å². The van der Waals surface area contributed by atoms with Crippen molar-refractivity contribution in [3.05, 3.63) is 59.7 Å². The van der Waals surface area contributed by atoms with Gasteiger partial charge in [0, 0.05) is 24.9 Å². The van der Waals surface area contributed by atoms with E-state index in [2.05, 4.69) is 29.6 Å². The molecular weight excluding hydrogens is 420 g/mol. The number of fused-ring (bicyclic) bond motifs is 3. The Morgan fingerprint density at radius 1 is 1.06 bits per heavy atom. The Hall–Kier alpha value is -3.35. The summed E-state index contributed by atoms with van der Waals surface area (Å²) in [5, 5.41) is 12.1. The fourth-order valence-electron chi connectivity index (χ4n) is 5.00. The summed E-state index contributed by atoms with van der Waals surface area (Å²) in [5.74, 6) is -1.53. The maximum Gasteiger partial charge on any atom is 0.407 e. The van der Waals surface area contributed by atoms with Crippen LogP contribution in [0.15, 0.2) is 48.5 Å². The second-order valence-corrected chi connectivity index (χ2v) is 8.99. The molecule has 7 heteroatoms. The average molecular weight is 451 g/mol. The third-order valence-electron chi connectivity index (χ3n) is 6.98. The number of amides is 2. The molecule has 0 saturated heterocycles. The molecule has 1 saturated carbocycles. The van der Waals surface area contributed by atoms with Crippen LogP contribution < -0.4 is 5.32 Å². The quantitative estimate of drug-likeness (QED) is 0.693. The lowest BCUT2D eigenvalue weighted by atomic mass is 9.84. The number of carboxylic acid groups (broad SMARTS) is 1. The zero-order valence-corrected chi connectivity index (χ0v) is 19.0. The van der Waals surface area contributed by atoms with E-state index in [0.29, 0.717) is 12.8 Å². The molecule has 2 aromatic rings. The lowest BCUT2D eigenvalue weighted by Crippen LogP contribution is -2.47. The van der Waals surface area contributed by atoms with Crippen molar-refractivity contribution in [2.45, 2.75) is 50.6 Å². The third kappa shape index (κ3) is 4.72. The van der Waals surface area contributed by atoms with Crippen molar-refractivity contribution in [2.24, 2.45) is 5.92 Å². The number of carbonyl (C=O) groups is 3. The summed E-state index contributed by atoms with van der Waals surface area (Å²) in [6.07, 6.45) is 2.26. The zero-order chi connectivity index (χ0) is 23.5. The SMILES string of the molecule is CC(C(=O)O)N(C)C(=O)C1CCCC(NC(=O)OCC2c3ccccc3-c3ccccc32)C1. The molecule has 3 atom stereocenters. The van der Waals surface area contributed by atoms with Crippen LogP contribution in [-0.2, 0) is 14.3 Å². The molecule has 0 bridgehead atoms. The van der Waals surface area contributed by atoms with Gasteiger partial charge in [0.15, 0.2) is 0 Å². The molecule has 174 valence electrons. The lowest BCUT2D eigenvalue weighted by Gasteiger charge is -2.32. The largest absolute Gasteiger partial charge is 0.480 e. The summed E-state index contributed by atoms with van der Waals surface area (Å²) in [5.41, 5.74) is 4.67. The standard InChI is InChI=1S/C26H30N2O5/c1-16(25(30)31)28(2)24(29)17-8-7-9-18(14-17)27-26(32)33-15-23-21-12-5-3-10-19(21)20-11-4-6-13-22(20)23/h3-6,10-13,16-18,23H,7-9,14-15H2,1-2H3,(H,27,32)(H,30,31). The minimum atomic E-state index is -1.03. The molecule has 0 spiro atoms. The topological polar surface area (TPSA) is 95.9 Å². The molecule has 0 aliphatic heterocycles. The Balaban J connectivity index is 1.34. The van der Waals surface area contributed by atoms with Crippen LogP contribution in [0.5, 0.6) is 0 Å². The minimum Gasteiger partial charge on any atom is -0.480 e. The Morgan fingerprint density at radius 2 is 1.67 bits per heavy atom. The van der Waals surface area contributed by atoms with Crippen molar-refractivity contribution in [3.63, 3.8) is 0 Å². The number of alkyl carbamates (subject to hydrolysis) is 1. The highest BCUT2D eigenvalue weighted by Gasteiger charge is 2.34. The molecule has 7 nitrogen and oxygen atoms in total. The van der Waals surface area contributed by atoms with Crippen molar-refractivity contribution < 1.29 is 24.2 Å². The number of nitrogens with one attached hydrogen (secondary N) is 1. The highest BCUT2D eigenvalue weighted by molar-refractivity contribution is 5.85. The number of benzene rings is 2.